The van der Waals surface area contributed by atoms with E-state index in [9.17, 15) is 0 Å². The highest BCUT2D eigenvalue weighted by Gasteiger charge is 2.20. The zero-order valence-electron chi connectivity index (χ0n) is 9.62. The van der Waals surface area contributed by atoms with Crippen LogP contribution in [0.3, 0.4) is 0 Å². The lowest BCUT2D eigenvalue weighted by atomic mass is 10.2. The summed E-state index contributed by atoms with van der Waals surface area (Å²) in [5.41, 5.74) is 1.98. The molecule has 1 aromatic carbocycles. The highest BCUT2D eigenvalue weighted by atomic mass is 35.5. The van der Waals surface area contributed by atoms with Crippen LogP contribution in [-0.4, -0.2) is 11.0 Å². The molecule has 2 nitrogen and oxygen atoms in total. The molecule has 0 saturated heterocycles. The number of benzene rings is 1. The largest absolute Gasteiger partial charge is 0.308 e. The van der Waals surface area contributed by atoms with E-state index in [-0.39, 0.29) is 0 Å². The van der Waals surface area contributed by atoms with Crippen molar-refractivity contribution >= 4 is 34.5 Å². The molecule has 1 aliphatic rings. The first-order chi connectivity index (χ1) is 8.72. The van der Waals surface area contributed by atoms with Crippen molar-refractivity contribution in [2.24, 2.45) is 0 Å². The fraction of sp³-hybridized carbons (Fsp3) is 0.308. The molecular formula is C13H12Cl2N2S. The van der Waals surface area contributed by atoms with Crippen LogP contribution in [0.1, 0.15) is 18.5 Å². The highest BCUT2D eigenvalue weighted by molar-refractivity contribution is 7.13. The van der Waals surface area contributed by atoms with E-state index in [0.29, 0.717) is 16.1 Å². The van der Waals surface area contributed by atoms with Gasteiger partial charge < -0.3 is 5.32 Å². The van der Waals surface area contributed by atoms with Crippen molar-refractivity contribution < 1.29 is 0 Å². The molecule has 18 heavy (non-hydrogen) atoms. The quantitative estimate of drug-likeness (QED) is 0.907. The molecule has 0 amide bonds. The van der Waals surface area contributed by atoms with Gasteiger partial charge in [-0.25, -0.2) is 4.98 Å². The van der Waals surface area contributed by atoms with E-state index < -0.39 is 0 Å². The standard InChI is InChI=1S/C13H12Cl2N2S/c14-8-1-4-12(15)11(5-8)13-17-10(7-18-13)6-16-9-2-3-9/h1,4-5,7,9,16H,2-3,6H2. The Morgan fingerprint density at radius 3 is 2.94 bits per heavy atom. The van der Waals surface area contributed by atoms with E-state index in [2.05, 4.69) is 15.7 Å². The van der Waals surface area contributed by atoms with Gasteiger partial charge in [0, 0.05) is 28.6 Å². The predicted octanol–water partition coefficient (Wildman–Crippen LogP) is 4.37. The van der Waals surface area contributed by atoms with E-state index in [1.165, 1.54) is 12.8 Å². The Morgan fingerprint density at radius 1 is 1.33 bits per heavy atom. The lowest BCUT2D eigenvalue weighted by Gasteiger charge is -2.01. The van der Waals surface area contributed by atoms with Crippen LogP contribution < -0.4 is 5.32 Å². The van der Waals surface area contributed by atoms with Gasteiger partial charge in [0.15, 0.2) is 0 Å². The number of rotatable bonds is 4. The second-order valence-electron chi connectivity index (χ2n) is 4.42. The third kappa shape index (κ3) is 2.86. The minimum absolute atomic E-state index is 0.683. The molecule has 0 bridgehead atoms. The van der Waals surface area contributed by atoms with Gasteiger partial charge in [0.25, 0.3) is 0 Å². The number of hydrogen-bond acceptors (Lipinski definition) is 3. The first kappa shape index (κ1) is 12.4. The van der Waals surface area contributed by atoms with Crippen LogP contribution >= 0.6 is 34.5 Å². The van der Waals surface area contributed by atoms with Crippen LogP contribution in [0, 0.1) is 0 Å². The number of nitrogens with zero attached hydrogens (tertiary/aromatic N) is 1. The summed E-state index contributed by atoms with van der Waals surface area (Å²) in [6, 6.07) is 6.16. The zero-order chi connectivity index (χ0) is 12.5. The summed E-state index contributed by atoms with van der Waals surface area (Å²) in [6.45, 7) is 0.833. The Balaban J connectivity index is 1.80. The number of halogens is 2. The maximum atomic E-state index is 6.17. The molecule has 94 valence electrons. The molecule has 3 rings (SSSR count). The molecular weight excluding hydrogens is 287 g/mol. The maximum absolute atomic E-state index is 6.17. The lowest BCUT2D eigenvalue weighted by molar-refractivity contribution is 0.678. The van der Waals surface area contributed by atoms with Crippen LogP contribution in [-0.2, 0) is 6.54 Å². The van der Waals surface area contributed by atoms with Gasteiger partial charge in [-0.3, -0.25) is 0 Å². The van der Waals surface area contributed by atoms with Crippen LogP contribution in [0.15, 0.2) is 23.6 Å². The van der Waals surface area contributed by atoms with E-state index in [4.69, 9.17) is 23.2 Å². The Morgan fingerprint density at radius 2 is 2.17 bits per heavy atom. The molecule has 2 aromatic rings. The molecule has 1 heterocycles. The second kappa shape index (κ2) is 5.17. The van der Waals surface area contributed by atoms with Crippen molar-refractivity contribution in [3.05, 3.63) is 39.3 Å². The maximum Gasteiger partial charge on any atom is 0.125 e. The van der Waals surface area contributed by atoms with Crippen molar-refractivity contribution in [2.45, 2.75) is 25.4 Å². The van der Waals surface area contributed by atoms with Gasteiger partial charge in [0.2, 0.25) is 0 Å². The highest BCUT2D eigenvalue weighted by Crippen LogP contribution is 2.32. The van der Waals surface area contributed by atoms with Gasteiger partial charge in [0.05, 0.1) is 10.7 Å². The molecule has 0 unspecified atom stereocenters. The van der Waals surface area contributed by atoms with Gasteiger partial charge in [-0.15, -0.1) is 11.3 Å². The topological polar surface area (TPSA) is 24.9 Å². The van der Waals surface area contributed by atoms with E-state index >= 15 is 0 Å². The lowest BCUT2D eigenvalue weighted by Crippen LogP contribution is -2.15. The Labute approximate surface area is 120 Å². The molecule has 1 saturated carbocycles. The van der Waals surface area contributed by atoms with E-state index in [1.807, 2.05) is 12.1 Å². The third-order valence-corrected chi connectivity index (χ3v) is 4.35. The average molecular weight is 299 g/mol. The van der Waals surface area contributed by atoms with Crippen molar-refractivity contribution in [3.8, 4) is 10.6 Å². The number of nitrogens with one attached hydrogen (secondary N) is 1. The molecule has 5 heteroatoms. The second-order valence-corrected chi connectivity index (χ2v) is 6.13. The molecule has 1 aliphatic carbocycles. The number of hydrogen-bond donors (Lipinski definition) is 1. The van der Waals surface area contributed by atoms with Gasteiger partial charge in [0.1, 0.15) is 5.01 Å². The summed E-state index contributed by atoms with van der Waals surface area (Å²) in [7, 11) is 0. The first-order valence-corrected chi connectivity index (χ1v) is 7.49. The van der Waals surface area contributed by atoms with Crippen molar-refractivity contribution in [1.29, 1.82) is 0 Å². The summed E-state index contributed by atoms with van der Waals surface area (Å²) in [6.07, 6.45) is 2.58. The Hall–Kier alpha value is -0.610. The Kier molecular flexibility index (Phi) is 3.57. The van der Waals surface area contributed by atoms with Crippen molar-refractivity contribution in [2.75, 3.05) is 0 Å². The fourth-order valence-electron chi connectivity index (χ4n) is 1.71. The zero-order valence-corrected chi connectivity index (χ0v) is 11.9. The van der Waals surface area contributed by atoms with Crippen LogP contribution in [0.2, 0.25) is 10.0 Å². The molecule has 0 aliphatic heterocycles. The van der Waals surface area contributed by atoms with Gasteiger partial charge in [-0.1, -0.05) is 23.2 Å². The van der Waals surface area contributed by atoms with Gasteiger partial charge in [-0.05, 0) is 31.0 Å². The summed E-state index contributed by atoms with van der Waals surface area (Å²) in [5.74, 6) is 0. The minimum atomic E-state index is 0.683. The summed E-state index contributed by atoms with van der Waals surface area (Å²) < 4.78 is 0. The predicted molar refractivity (Wildman–Crippen MR) is 77.4 cm³/mol. The van der Waals surface area contributed by atoms with Gasteiger partial charge >= 0.3 is 0 Å². The molecule has 0 spiro atoms. The van der Waals surface area contributed by atoms with Crippen LogP contribution in [0.5, 0.6) is 0 Å². The first-order valence-electron chi connectivity index (χ1n) is 5.85. The Bertz CT molecular complexity index is 564. The monoisotopic (exact) mass is 298 g/mol. The SMILES string of the molecule is Clc1ccc(Cl)c(-c2nc(CNC3CC3)cs2)c1. The average Bonchev–Trinajstić information content (AvgIpc) is 3.08. The van der Waals surface area contributed by atoms with Gasteiger partial charge in [-0.2, -0.15) is 0 Å². The minimum Gasteiger partial charge on any atom is -0.308 e. The van der Waals surface area contributed by atoms with E-state index in [1.54, 1.807) is 17.4 Å². The number of thiazole rings is 1. The third-order valence-electron chi connectivity index (χ3n) is 2.86. The van der Waals surface area contributed by atoms with E-state index in [0.717, 1.165) is 22.8 Å². The molecule has 1 N–H and O–H groups in total. The van der Waals surface area contributed by atoms with Crippen LogP contribution in [0.25, 0.3) is 10.6 Å². The molecule has 0 radical (unpaired) electrons. The van der Waals surface area contributed by atoms with Crippen molar-refractivity contribution in [3.63, 3.8) is 0 Å². The molecule has 1 aromatic heterocycles. The number of aromatic nitrogens is 1. The summed E-state index contributed by atoms with van der Waals surface area (Å²) in [5, 5.41) is 7.82. The smallest absolute Gasteiger partial charge is 0.125 e. The summed E-state index contributed by atoms with van der Waals surface area (Å²) >= 11 is 13.8. The van der Waals surface area contributed by atoms with Crippen LogP contribution in [0.4, 0.5) is 0 Å². The molecule has 0 atom stereocenters. The fourth-order valence-corrected chi connectivity index (χ4v) is 2.99. The summed E-state index contributed by atoms with van der Waals surface area (Å²) in [4.78, 5) is 4.60. The van der Waals surface area contributed by atoms with Crippen molar-refractivity contribution in [1.82, 2.24) is 10.3 Å². The molecule has 1 fully saturated rings. The normalized spacial score (nSPS) is 15.0.